The lowest BCUT2D eigenvalue weighted by molar-refractivity contribution is 0.170. The summed E-state index contributed by atoms with van der Waals surface area (Å²) in [6.07, 6.45) is 3.27. The van der Waals surface area contributed by atoms with E-state index in [9.17, 15) is 4.79 Å². The Labute approximate surface area is 117 Å². The number of benzene rings is 1. The number of nitrogens with one attached hydrogen (secondary N) is 1. The van der Waals surface area contributed by atoms with E-state index in [0.717, 1.165) is 19.4 Å². The summed E-state index contributed by atoms with van der Waals surface area (Å²) in [5, 5.41) is 3.72. The Kier molecular flexibility index (Phi) is 4.36. The molecule has 0 aromatic heterocycles. The van der Waals surface area contributed by atoms with Crippen LogP contribution in [0, 0.1) is 0 Å². The van der Waals surface area contributed by atoms with Gasteiger partial charge in [-0.2, -0.15) is 0 Å². The van der Waals surface area contributed by atoms with Crippen molar-refractivity contribution in [2.24, 2.45) is 0 Å². The van der Waals surface area contributed by atoms with Gasteiger partial charge in [-0.3, -0.25) is 0 Å². The minimum absolute atomic E-state index is 0.128. The number of rotatable bonds is 1. The van der Waals surface area contributed by atoms with E-state index in [-0.39, 0.29) is 12.1 Å². The number of anilines is 1. The summed E-state index contributed by atoms with van der Waals surface area (Å²) < 4.78 is 0. The molecule has 3 nitrogen and oxygen atoms in total. The zero-order chi connectivity index (χ0) is 13.1. The van der Waals surface area contributed by atoms with E-state index >= 15 is 0 Å². The first kappa shape index (κ1) is 13.5. The summed E-state index contributed by atoms with van der Waals surface area (Å²) in [6.45, 7) is 2.85. The second kappa shape index (κ2) is 5.81. The third-order valence-corrected chi connectivity index (χ3v) is 3.89. The largest absolute Gasteiger partial charge is 0.322 e. The van der Waals surface area contributed by atoms with E-state index in [0.29, 0.717) is 15.7 Å². The van der Waals surface area contributed by atoms with E-state index in [4.69, 9.17) is 23.2 Å². The number of urea groups is 1. The van der Waals surface area contributed by atoms with Crippen LogP contribution in [0.15, 0.2) is 18.2 Å². The van der Waals surface area contributed by atoms with Gasteiger partial charge in [-0.05, 0) is 38.3 Å². The Morgan fingerprint density at radius 3 is 2.61 bits per heavy atom. The van der Waals surface area contributed by atoms with Crippen LogP contribution in [0.1, 0.15) is 26.2 Å². The van der Waals surface area contributed by atoms with Gasteiger partial charge in [-0.15, -0.1) is 0 Å². The van der Waals surface area contributed by atoms with Gasteiger partial charge in [0.1, 0.15) is 0 Å². The van der Waals surface area contributed by atoms with Crippen LogP contribution >= 0.6 is 23.2 Å². The minimum Gasteiger partial charge on any atom is -0.322 e. The summed E-state index contributed by atoms with van der Waals surface area (Å²) in [5.74, 6) is 0. The first-order valence-electron chi connectivity index (χ1n) is 6.11. The lowest BCUT2D eigenvalue weighted by Crippen LogP contribution is -2.44. The van der Waals surface area contributed by atoms with E-state index in [2.05, 4.69) is 12.2 Å². The molecule has 1 aromatic carbocycles. The number of halogens is 2. The van der Waals surface area contributed by atoms with Crippen molar-refractivity contribution in [2.75, 3.05) is 11.9 Å². The molecular formula is C13H16Cl2N2O. The zero-order valence-corrected chi connectivity index (χ0v) is 11.8. The summed E-state index contributed by atoms with van der Waals surface area (Å²) in [6, 6.07) is 5.31. The highest BCUT2D eigenvalue weighted by Gasteiger charge is 2.24. The molecule has 2 rings (SSSR count). The molecule has 0 spiro atoms. The Hall–Kier alpha value is -0.930. The molecule has 0 bridgehead atoms. The van der Waals surface area contributed by atoms with Crippen LogP contribution in [-0.2, 0) is 0 Å². The van der Waals surface area contributed by atoms with Crippen LogP contribution in [0.2, 0.25) is 10.0 Å². The fourth-order valence-corrected chi connectivity index (χ4v) is 2.69. The number of nitrogens with zero attached hydrogens (tertiary/aromatic N) is 1. The van der Waals surface area contributed by atoms with Crippen molar-refractivity contribution in [3.05, 3.63) is 28.2 Å². The van der Waals surface area contributed by atoms with Crippen molar-refractivity contribution in [3.8, 4) is 0 Å². The van der Waals surface area contributed by atoms with E-state index in [1.165, 1.54) is 6.42 Å². The number of hydrogen-bond donors (Lipinski definition) is 1. The molecule has 98 valence electrons. The predicted octanol–water partition coefficient (Wildman–Crippen LogP) is 4.40. The number of carbonyl (C=O) groups excluding carboxylic acids is 1. The van der Waals surface area contributed by atoms with Crippen LogP contribution in [0.25, 0.3) is 0 Å². The molecule has 1 aliphatic heterocycles. The highest BCUT2D eigenvalue weighted by atomic mass is 35.5. The van der Waals surface area contributed by atoms with Gasteiger partial charge in [0.05, 0.1) is 15.7 Å². The molecule has 1 aromatic rings. The van der Waals surface area contributed by atoms with Gasteiger partial charge in [0, 0.05) is 12.6 Å². The van der Waals surface area contributed by atoms with E-state index in [1.807, 2.05) is 4.90 Å². The van der Waals surface area contributed by atoms with Crippen molar-refractivity contribution >= 4 is 34.9 Å². The number of hydrogen-bond acceptors (Lipinski definition) is 1. The molecular weight excluding hydrogens is 271 g/mol. The molecule has 1 saturated heterocycles. The van der Waals surface area contributed by atoms with Crippen molar-refractivity contribution < 1.29 is 4.79 Å². The lowest BCUT2D eigenvalue weighted by atomic mass is 10.0. The number of piperidine rings is 1. The molecule has 0 radical (unpaired) electrons. The first-order valence-corrected chi connectivity index (χ1v) is 6.87. The predicted molar refractivity (Wildman–Crippen MR) is 75.5 cm³/mol. The number of para-hydroxylation sites is 1. The maximum atomic E-state index is 12.2. The minimum atomic E-state index is -0.128. The SMILES string of the molecule is C[C@@H]1CCCCN1C(=O)Nc1c(Cl)cccc1Cl. The van der Waals surface area contributed by atoms with Crippen molar-refractivity contribution in [1.82, 2.24) is 4.90 Å². The van der Waals surface area contributed by atoms with Gasteiger partial charge in [0.2, 0.25) is 0 Å². The van der Waals surface area contributed by atoms with Gasteiger partial charge >= 0.3 is 6.03 Å². The van der Waals surface area contributed by atoms with Crippen molar-refractivity contribution in [2.45, 2.75) is 32.2 Å². The number of amides is 2. The van der Waals surface area contributed by atoms with E-state index in [1.54, 1.807) is 18.2 Å². The maximum Gasteiger partial charge on any atom is 0.322 e. The smallest absolute Gasteiger partial charge is 0.322 e. The molecule has 0 unspecified atom stereocenters. The topological polar surface area (TPSA) is 32.3 Å². The Bertz CT molecular complexity index is 430. The van der Waals surface area contributed by atoms with Crippen LogP contribution in [0.5, 0.6) is 0 Å². The first-order chi connectivity index (χ1) is 8.59. The normalized spacial score (nSPS) is 19.7. The Balaban J connectivity index is 2.11. The van der Waals surface area contributed by atoms with Gasteiger partial charge in [0.25, 0.3) is 0 Å². The molecule has 1 heterocycles. The van der Waals surface area contributed by atoms with Gasteiger partial charge < -0.3 is 10.2 Å². The molecule has 1 fully saturated rings. The van der Waals surface area contributed by atoms with Crippen molar-refractivity contribution in [1.29, 1.82) is 0 Å². The van der Waals surface area contributed by atoms with Crippen LogP contribution in [0.3, 0.4) is 0 Å². The quantitative estimate of drug-likeness (QED) is 0.815. The lowest BCUT2D eigenvalue weighted by Gasteiger charge is -2.33. The monoisotopic (exact) mass is 286 g/mol. The Morgan fingerprint density at radius 1 is 1.33 bits per heavy atom. The zero-order valence-electron chi connectivity index (χ0n) is 10.2. The molecule has 1 aliphatic rings. The molecule has 5 heteroatoms. The molecule has 0 saturated carbocycles. The number of likely N-dealkylation sites (tertiary alicyclic amines) is 1. The van der Waals surface area contributed by atoms with Gasteiger partial charge in [-0.25, -0.2) is 4.79 Å². The van der Waals surface area contributed by atoms with Gasteiger partial charge in [0.15, 0.2) is 0 Å². The summed E-state index contributed by atoms with van der Waals surface area (Å²) in [4.78, 5) is 14.0. The standard InChI is InChI=1S/C13H16Cl2N2O/c1-9-5-2-3-8-17(9)13(18)16-12-10(14)6-4-7-11(12)15/h4,6-7,9H,2-3,5,8H2,1H3,(H,16,18)/t9-/m1/s1. The third kappa shape index (κ3) is 2.90. The molecule has 18 heavy (non-hydrogen) atoms. The molecule has 2 amide bonds. The molecule has 0 aliphatic carbocycles. The van der Waals surface area contributed by atoms with E-state index < -0.39 is 0 Å². The van der Waals surface area contributed by atoms with Crippen molar-refractivity contribution in [3.63, 3.8) is 0 Å². The second-order valence-corrected chi connectivity index (χ2v) is 5.38. The van der Waals surface area contributed by atoms with Gasteiger partial charge in [-0.1, -0.05) is 29.3 Å². The molecule has 1 atom stereocenters. The fraction of sp³-hybridized carbons (Fsp3) is 0.462. The van der Waals surface area contributed by atoms with Crippen LogP contribution in [-0.4, -0.2) is 23.5 Å². The Morgan fingerprint density at radius 2 is 2.00 bits per heavy atom. The third-order valence-electron chi connectivity index (χ3n) is 3.26. The molecule has 1 N–H and O–H groups in total. The second-order valence-electron chi connectivity index (χ2n) is 4.57. The summed E-state index contributed by atoms with van der Waals surface area (Å²) in [7, 11) is 0. The highest BCUT2D eigenvalue weighted by Crippen LogP contribution is 2.30. The summed E-state index contributed by atoms with van der Waals surface area (Å²) >= 11 is 12.1. The number of carbonyl (C=O) groups is 1. The maximum absolute atomic E-state index is 12.2. The average molecular weight is 287 g/mol. The highest BCUT2D eigenvalue weighted by molar-refractivity contribution is 6.39. The van der Waals surface area contributed by atoms with Crippen LogP contribution < -0.4 is 5.32 Å². The fourth-order valence-electron chi connectivity index (χ4n) is 2.20. The average Bonchev–Trinajstić information content (AvgIpc) is 2.34. The summed E-state index contributed by atoms with van der Waals surface area (Å²) in [5.41, 5.74) is 0.489. The van der Waals surface area contributed by atoms with Crippen LogP contribution in [0.4, 0.5) is 10.5 Å².